The maximum Gasteiger partial charge on any atom is 0.305 e. The third-order valence-corrected chi connectivity index (χ3v) is 2.60. The Morgan fingerprint density at radius 3 is 2.68 bits per heavy atom. The zero-order chi connectivity index (χ0) is 14.4. The van der Waals surface area contributed by atoms with E-state index < -0.39 is 5.97 Å². The predicted molar refractivity (Wildman–Crippen MR) is 67.0 cm³/mol. The minimum absolute atomic E-state index is 0.0325. The molecule has 0 aliphatic rings. The lowest BCUT2D eigenvalue weighted by molar-refractivity contribution is -0.139. The van der Waals surface area contributed by atoms with Crippen LogP contribution in [-0.4, -0.2) is 49.5 Å². The van der Waals surface area contributed by atoms with Crippen LogP contribution in [-0.2, 0) is 22.7 Å². The molecule has 0 bridgehead atoms. The maximum absolute atomic E-state index is 12.1. The Morgan fingerprint density at radius 1 is 1.53 bits per heavy atom. The van der Waals surface area contributed by atoms with Crippen molar-refractivity contribution in [3.05, 3.63) is 11.9 Å². The Labute approximate surface area is 111 Å². The number of carbonyl (C=O) groups is 2. The van der Waals surface area contributed by atoms with Gasteiger partial charge in [-0.1, -0.05) is 5.21 Å². The molecule has 0 radical (unpaired) electrons. The van der Waals surface area contributed by atoms with Gasteiger partial charge in [0.2, 0.25) is 5.91 Å². The summed E-state index contributed by atoms with van der Waals surface area (Å²) in [5, 5.41) is 16.2. The molecule has 0 unspecified atom stereocenters. The first-order valence-corrected chi connectivity index (χ1v) is 6.04. The van der Waals surface area contributed by atoms with E-state index in [0.29, 0.717) is 5.69 Å². The quantitative estimate of drug-likeness (QED) is 0.686. The molecule has 0 aliphatic carbocycles. The molecule has 3 N–H and O–H groups in total. The second-order valence-corrected chi connectivity index (χ2v) is 4.44. The number of carbonyl (C=O) groups excluding carboxylic acids is 1. The molecule has 0 aromatic carbocycles. The highest BCUT2D eigenvalue weighted by Crippen LogP contribution is 2.03. The first kappa shape index (κ1) is 15.1. The molecule has 1 rings (SSSR count). The van der Waals surface area contributed by atoms with E-state index in [9.17, 15) is 9.59 Å². The standard InChI is InChI=1S/C11H19N5O3/c1-8(2)16(4-3-11(18)19)10(17)7-15-6-9(5-12)13-14-15/h6,8H,3-5,7,12H2,1-2H3,(H,18,19). The molecule has 1 aromatic heterocycles. The van der Waals surface area contributed by atoms with Crippen molar-refractivity contribution in [2.75, 3.05) is 6.54 Å². The number of rotatable bonds is 7. The summed E-state index contributed by atoms with van der Waals surface area (Å²) in [7, 11) is 0. The molecule has 1 heterocycles. The van der Waals surface area contributed by atoms with Gasteiger partial charge in [-0.05, 0) is 13.8 Å². The third kappa shape index (κ3) is 4.66. The van der Waals surface area contributed by atoms with Crippen LogP contribution in [0.5, 0.6) is 0 Å². The molecular weight excluding hydrogens is 250 g/mol. The molecule has 8 heteroatoms. The molecule has 8 nitrogen and oxygen atoms in total. The summed E-state index contributed by atoms with van der Waals surface area (Å²) >= 11 is 0. The normalized spacial score (nSPS) is 10.7. The number of carboxylic acids is 1. The summed E-state index contributed by atoms with van der Waals surface area (Å²) in [5.74, 6) is -1.12. The van der Waals surface area contributed by atoms with Crippen molar-refractivity contribution in [2.45, 2.75) is 39.4 Å². The third-order valence-electron chi connectivity index (χ3n) is 2.60. The lowest BCUT2D eigenvalue weighted by Crippen LogP contribution is -2.40. The molecule has 0 spiro atoms. The number of aromatic nitrogens is 3. The van der Waals surface area contributed by atoms with Crippen LogP contribution in [0.4, 0.5) is 0 Å². The highest BCUT2D eigenvalue weighted by Gasteiger charge is 2.18. The van der Waals surface area contributed by atoms with Crippen LogP contribution >= 0.6 is 0 Å². The number of hydrogen-bond acceptors (Lipinski definition) is 5. The highest BCUT2D eigenvalue weighted by atomic mass is 16.4. The molecular formula is C11H19N5O3. The highest BCUT2D eigenvalue weighted by molar-refractivity contribution is 5.77. The average molecular weight is 269 g/mol. The van der Waals surface area contributed by atoms with E-state index in [1.54, 1.807) is 6.20 Å². The van der Waals surface area contributed by atoms with Crippen LogP contribution in [0.25, 0.3) is 0 Å². The van der Waals surface area contributed by atoms with Crippen molar-refractivity contribution in [3.63, 3.8) is 0 Å². The Morgan fingerprint density at radius 2 is 2.21 bits per heavy atom. The Kier molecular flexibility index (Phi) is 5.43. The van der Waals surface area contributed by atoms with Crippen molar-refractivity contribution >= 4 is 11.9 Å². The molecule has 1 aromatic rings. The summed E-state index contributed by atoms with van der Waals surface area (Å²) in [6, 6.07) is -0.0654. The fraction of sp³-hybridized carbons (Fsp3) is 0.636. The van der Waals surface area contributed by atoms with E-state index in [2.05, 4.69) is 10.3 Å². The Balaban J connectivity index is 2.63. The second kappa shape index (κ2) is 6.83. The summed E-state index contributed by atoms with van der Waals surface area (Å²) in [4.78, 5) is 24.2. The number of aliphatic carboxylic acids is 1. The van der Waals surface area contributed by atoms with Crippen molar-refractivity contribution in [1.82, 2.24) is 19.9 Å². The van der Waals surface area contributed by atoms with Crippen LogP contribution in [0.1, 0.15) is 26.0 Å². The van der Waals surface area contributed by atoms with Crippen molar-refractivity contribution in [3.8, 4) is 0 Å². The van der Waals surface area contributed by atoms with Crippen molar-refractivity contribution in [1.29, 1.82) is 0 Å². The first-order valence-electron chi connectivity index (χ1n) is 6.04. The smallest absolute Gasteiger partial charge is 0.305 e. The van der Waals surface area contributed by atoms with E-state index in [1.165, 1.54) is 9.58 Å². The van der Waals surface area contributed by atoms with Gasteiger partial charge in [0.25, 0.3) is 0 Å². The number of amides is 1. The topological polar surface area (TPSA) is 114 Å². The summed E-state index contributed by atoms with van der Waals surface area (Å²) in [5.41, 5.74) is 6.01. The largest absolute Gasteiger partial charge is 0.481 e. The van der Waals surface area contributed by atoms with E-state index >= 15 is 0 Å². The number of nitrogens with zero attached hydrogens (tertiary/aromatic N) is 4. The molecule has 106 valence electrons. The van der Waals surface area contributed by atoms with E-state index in [0.717, 1.165) is 0 Å². The molecule has 0 atom stereocenters. The molecule has 0 fully saturated rings. The van der Waals surface area contributed by atoms with Crippen LogP contribution in [0.3, 0.4) is 0 Å². The monoisotopic (exact) mass is 269 g/mol. The first-order chi connectivity index (χ1) is 8.93. The van der Waals surface area contributed by atoms with Crippen LogP contribution in [0, 0.1) is 0 Å². The van der Waals surface area contributed by atoms with Crippen molar-refractivity contribution in [2.24, 2.45) is 5.73 Å². The number of hydrogen-bond donors (Lipinski definition) is 2. The van der Waals surface area contributed by atoms with Gasteiger partial charge in [0, 0.05) is 19.1 Å². The van der Waals surface area contributed by atoms with Gasteiger partial charge in [-0.15, -0.1) is 5.10 Å². The van der Waals surface area contributed by atoms with Gasteiger partial charge < -0.3 is 15.7 Å². The van der Waals surface area contributed by atoms with Gasteiger partial charge in [0.15, 0.2) is 0 Å². The lowest BCUT2D eigenvalue weighted by atomic mass is 10.2. The Hall–Kier alpha value is -1.96. The minimum Gasteiger partial charge on any atom is -0.481 e. The van der Waals surface area contributed by atoms with Crippen molar-refractivity contribution < 1.29 is 14.7 Å². The van der Waals surface area contributed by atoms with Crippen LogP contribution < -0.4 is 5.73 Å². The zero-order valence-corrected chi connectivity index (χ0v) is 11.1. The molecule has 0 saturated carbocycles. The van der Waals surface area contributed by atoms with E-state index in [-0.39, 0.29) is 38.0 Å². The number of nitrogens with two attached hydrogens (primary N) is 1. The number of carboxylic acid groups (broad SMARTS) is 1. The van der Waals surface area contributed by atoms with Gasteiger partial charge in [-0.2, -0.15) is 0 Å². The molecule has 0 saturated heterocycles. The van der Waals surface area contributed by atoms with E-state index in [1.807, 2.05) is 13.8 Å². The average Bonchev–Trinajstić information content (AvgIpc) is 2.76. The lowest BCUT2D eigenvalue weighted by Gasteiger charge is -2.26. The second-order valence-electron chi connectivity index (χ2n) is 4.44. The molecule has 1 amide bonds. The zero-order valence-electron chi connectivity index (χ0n) is 11.1. The fourth-order valence-corrected chi connectivity index (χ4v) is 1.63. The maximum atomic E-state index is 12.1. The van der Waals surface area contributed by atoms with Crippen LogP contribution in [0.2, 0.25) is 0 Å². The van der Waals surface area contributed by atoms with Crippen LogP contribution in [0.15, 0.2) is 6.20 Å². The Bertz CT molecular complexity index is 443. The SMILES string of the molecule is CC(C)N(CCC(=O)O)C(=O)Cn1cc(CN)nn1. The predicted octanol–water partition coefficient (Wildman–Crippen LogP) is -0.551. The minimum atomic E-state index is -0.926. The van der Waals surface area contributed by atoms with Gasteiger partial charge in [0.05, 0.1) is 18.3 Å². The van der Waals surface area contributed by atoms with Gasteiger partial charge in [0.1, 0.15) is 6.54 Å². The van der Waals surface area contributed by atoms with E-state index in [4.69, 9.17) is 10.8 Å². The van der Waals surface area contributed by atoms with Gasteiger partial charge in [-0.25, -0.2) is 4.68 Å². The summed E-state index contributed by atoms with van der Waals surface area (Å²) in [6.45, 7) is 4.16. The fourth-order valence-electron chi connectivity index (χ4n) is 1.63. The molecule has 19 heavy (non-hydrogen) atoms. The van der Waals surface area contributed by atoms with Gasteiger partial charge in [-0.3, -0.25) is 9.59 Å². The van der Waals surface area contributed by atoms with Gasteiger partial charge >= 0.3 is 5.97 Å². The summed E-state index contributed by atoms with van der Waals surface area (Å²) < 4.78 is 1.40. The molecule has 0 aliphatic heterocycles. The summed E-state index contributed by atoms with van der Waals surface area (Å²) in [6.07, 6.45) is 1.53.